The molecule has 1 aliphatic heterocycles. The van der Waals surface area contributed by atoms with Crippen LogP contribution in [0.1, 0.15) is 27.9 Å². The van der Waals surface area contributed by atoms with E-state index in [1.165, 1.54) is 18.4 Å². The SMILES string of the molecule is COc1c(C(=O)N2CCC(C)(C(=O)O)C2)sc(C)c1Br. The molecule has 1 fully saturated rings. The number of hydrogen-bond donors (Lipinski definition) is 1. The molecule has 2 rings (SSSR count). The number of aryl methyl sites for hydroxylation is 1. The zero-order valence-corrected chi connectivity index (χ0v) is 13.9. The molecule has 7 heteroatoms. The highest BCUT2D eigenvalue weighted by molar-refractivity contribution is 9.10. The molecule has 2 heterocycles. The van der Waals surface area contributed by atoms with Gasteiger partial charge >= 0.3 is 5.97 Å². The number of likely N-dealkylation sites (tertiary alicyclic amines) is 1. The van der Waals surface area contributed by atoms with E-state index in [2.05, 4.69) is 15.9 Å². The predicted molar refractivity (Wildman–Crippen MR) is 79.6 cm³/mol. The maximum atomic E-state index is 12.5. The number of ether oxygens (including phenoxy) is 1. The predicted octanol–water partition coefficient (Wildman–Crippen LogP) is 2.76. The molecule has 0 saturated carbocycles. The third-order valence-electron chi connectivity index (χ3n) is 3.65. The molecule has 1 amide bonds. The lowest BCUT2D eigenvalue weighted by Crippen LogP contribution is -2.34. The van der Waals surface area contributed by atoms with Crippen LogP contribution >= 0.6 is 27.3 Å². The number of carbonyl (C=O) groups excluding carboxylic acids is 1. The number of hydrogen-bond acceptors (Lipinski definition) is 4. The molecule has 0 aliphatic carbocycles. The molecule has 1 unspecified atom stereocenters. The first-order chi connectivity index (χ1) is 9.30. The van der Waals surface area contributed by atoms with E-state index < -0.39 is 11.4 Å². The van der Waals surface area contributed by atoms with E-state index in [0.29, 0.717) is 23.6 Å². The molecule has 0 bridgehead atoms. The molecule has 0 aromatic carbocycles. The summed E-state index contributed by atoms with van der Waals surface area (Å²) in [5, 5.41) is 9.22. The number of amides is 1. The fourth-order valence-corrected chi connectivity index (χ4v) is 4.00. The van der Waals surface area contributed by atoms with Crippen molar-refractivity contribution in [3.05, 3.63) is 14.2 Å². The van der Waals surface area contributed by atoms with Gasteiger partial charge < -0.3 is 14.7 Å². The Labute approximate surface area is 129 Å². The zero-order valence-electron chi connectivity index (χ0n) is 11.5. The zero-order chi connectivity index (χ0) is 15.1. The van der Waals surface area contributed by atoms with Crippen molar-refractivity contribution in [3.8, 4) is 5.75 Å². The van der Waals surface area contributed by atoms with Crippen LogP contribution in [0.3, 0.4) is 0 Å². The van der Waals surface area contributed by atoms with Gasteiger partial charge in [-0.1, -0.05) is 0 Å². The molecule has 0 radical (unpaired) electrons. The Balaban J connectivity index is 2.26. The highest BCUT2D eigenvalue weighted by atomic mass is 79.9. The van der Waals surface area contributed by atoms with E-state index in [-0.39, 0.29) is 12.5 Å². The van der Waals surface area contributed by atoms with Gasteiger partial charge in [-0.15, -0.1) is 11.3 Å². The largest absolute Gasteiger partial charge is 0.494 e. The second kappa shape index (κ2) is 5.37. The third kappa shape index (κ3) is 2.44. The number of methoxy groups -OCH3 is 1. The topological polar surface area (TPSA) is 66.8 Å². The van der Waals surface area contributed by atoms with E-state index in [9.17, 15) is 14.7 Å². The summed E-state index contributed by atoms with van der Waals surface area (Å²) in [7, 11) is 1.52. The Morgan fingerprint density at radius 2 is 2.15 bits per heavy atom. The van der Waals surface area contributed by atoms with Gasteiger partial charge in [-0.25, -0.2) is 0 Å². The normalized spacial score (nSPS) is 22.1. The number of carbonyl (C=O) groups is 2. The number of halogens is 1. The van der Waals surface area contributed by atoms with Crippen LogP contribution in [0.2, 0.25) is 0 Å². The second-order valence-electron chi connectivity index (χ2n) is 5.18. The minimum atomic E-state index is -0.858. The number of aliphatic carboxylic acids is 1. The molecule has 5 nitrogen and oxygen atoms in total. The van der Waals surface area contributed by atoms with E-state index in [0.717, 1.165) is 9.35 Å². The average molecular weight is 362 g/mol. The van der Waals surface area contributed by atoms with Crippen molar-refractivity contribution in [1.82, 2.24) is 4.90 Å². The van der Waals surface area contributed by atoms with E-state index >= 15 is 0 Å². The van der Waals surface area contributed by atoms with Gasteiger partial charge in [0.1, 0.15) is 4.88 Å². The summed E-state index contributed by atoms with van der Waals surface area (Å²) >= 11 is 4.76. The maximum Gasteiger partial charge on any atom is 0.311 e. The quantitative estimate of drug-likeness (QED) is 0.898. The van der Waals surface area contributed by atoms with Crippen LogP contribution in [0.15, 0.2) is 4.47 Å². The summed E-state index contributed by atoms with van der Waals surface area (Å²) in [5.41, 5.74) is -0.855. The summed E-state index contributed by atoms with van der Waals surface area (Å²) in [6.07, 6.45) is 0.474. The molecule has 1 aromatic heterocycles. The van der Waals surface area contributed by atoms with Crippen LogP contribution in [0.4, 0.5) is 0 Å². The molecular weight excluding hydrogens is 346 g/mol. The summed E-state index contributed by atoms with van der Waals surface area (Å²) < 4.78 is 6.06. The lowest BCUT2D eigenvalue weighted by atomic mass is 9.90. The van der Waals surface area contributed by atoms with Gasteiger partial charge in [-0.3, -0.25) is 9.59 Å². The lowest BCUT2D eigenvalue weighted by molar-refractivity contribution is -0.147. The number of rotatable bonds is 3. The molecular formula is C13H16BrNO4S. The van der Waals surface area contributed by atoms with Crippen molar-refractivity contribution in [2.45, 2.75) is 20.3 Å². The molecule has 1 N–H and O–H groups in total. The first kappa shape index (κ1) is 15.3. The van der Waals surface area contributed by atoms with Gasteiger partial charge in [-0.2, -0.15) is 0 Å². The summed E-state index contributed by atoms with van der Waals surface area (Å²) in [6.45, 7) is 4.27. The van der Waals surface area contributed by atoms with Crippen molar-refractivity contribution < 1.29 is 19.4 Å². The van der Waals surface area contributed by atoms with Crippen molar-refractivity contribution in [2.75, 3.05) is 20.2 Å². The van der Waals surface area contributed by atoms with Crippen molar-refractivity contribution in [3.63, 3.8) is 0 Å². The van der Waals surface area contributed by atoms with Crippen LogP contribution in [0, 0.1) is 12.3 Å². The van der Waals surface area contributed by atoms with Crippen LogP contribution in [0.25, 0.3) is 0 Å². The second-order valence-corrected chi connectivity index (χ2v) is 7.19. The third-order valence-corrected chi connectivity index (χ3v) is 5.94. The first-order valence-electron chi connectivity index (χ1n) is 6.15. The van der Waals surface area contributed by atoms with Crippen molar-refractivity contribution in [1.29, 1.82) is 0 Å². The average Bonchev–Trinajstić information content (AvgIpc) is 2.92. The van der Waals surface area contributed by atoms with Gasteiger partial charge in [0.05, 0.1) is 17.0 Å². The fourth-order valence-electron chi connectivity index (χ4n) is 2.28. The molecule has 1 atom stereocenters. The minimum Gasteiger partial charge on any atom is -0.494 e. The van der Waals surface area contributed by atoms with Gasteiger partial charge in [0, 0.05) is 18.0 Å². The Kier molecular flexibility index (Phi) is 4.11. The van der Waals surface area contributed by atoms with Crippen LogP contribution in [0.5, 0.6) is 5.75 Å². The van der Waals surface area contributed by atoms with E-state index in [1.807, 2.05) is 6.92 Å². The Bertz CT molecular complexity index is 571. The number of carboxylic acid groups (broad SMARTS) is 1. The lowest BCUT2D eigenvalue weighted by Gasteiger charge is -2.20. The molecule has 110 valence electrons. The monoisotopic (exact) mass is 361 g/mol. The highest BCUT2D eigenvalue weighted by Gasteiger charge is 2.43. The molecule has 20 heavy (non-hydrogen) atoms. The van der Waals surface area contributed by atoms with Crippen LogP contribution in [-0.2, 0) is 4.79 Å². The molecule has 1 aliphatic rings. The standard InChI is InChI=1S/C13H16BrNO4S/c1-7-8(14)9(19-3)10(20-7)11(16)15-5-4-13(2,6-15)12(17)18/h4-6H2,1-3H3,(H,17,18). The first-order valence-corrected chi connectivity index (χ1v) is 7.76. The Morgan fingerprint density at radius 1 is 1.50 bits per heavy atom. The van der Waals surface area contributed by atoms with Gasteiger partial charge in [0.15, 0.2) is 5.75 Å². The molecule has 1 aromatic rings. The fraction of sp³-hybridized carbons (Fsp3) is 0.538. The molecule has 0 spiro atoms. The molecule has 1 saturated heterocycles. The summed E-state index contributed by atoms with van der Waals surface area (Å²) in [4.78, 5) is 26.9. The van der Waals surface area contributed by atoms with Gasteiger partial charge in [0.2, 0.25) is 0 Å². The van der Waals surface area contributed by atoms with E-state index in [4.69, 9.17) is 4.74 Å². The maximum absolute atomic E-state index is 12.5. The number of thiophene rings is 1. The van der Waals surface area contributed by atoms with Crippen molar-refractivity contribution >= 4 is 39.1 Å². The van der Waals surface area contributed by atoms with Crippen LogP contribution < -0.4 is 4.74 Å². The van der Waals surface area contributed by atoms with Crippen LogP contribution in [-0.4, -0.2) is 42.1 Å². The van der Waals surface area contributed by atoms with Crippen molar-refractivity contribution in [2.24, 2.45) is 5.41 Å². The van der Waals surface area contributed by atoms with Gasteiger partial charge in [-0.05, 0) is 36.2 Å². The van der Waals surface area contributed by atoms with E-state index in [1.54, 1.807) is 11.8 Å². The summed E-state index contributed by atoms with van der Waals surface area (Å²) in [6, 6.07) is 0. The Hall–Kier alpha value is -1.08. The number of carboxylic acids is 1. The minimum absolute atomic E-state index is 0.161. The Morgan fingerprint density at radius 3 is 2.65 bits per heavy atom. The smallest absolute Gasteiger partial charge is 0.311 e. The highest BCUT2D eigenvalue weighted by Crippen LogP contribution is 2.41. The van der Waals surface area contributed by atoms with Gasteiger partial charge in [0.25, 0.3) is 5.91 Å². The summed E-state index contributed by atoms with van der Waals surface area (Å²) in [5.74, 6) is -0.490. The number of nitrogens with zero attached hydrogens (tertiary/aromatic N) is 1.